The molecule has 0 saturated heterocycles. The van der Waals surface area contributed by atoms with Gasteiger partial charge in [-0.2, -0.15) is 0 Å². The largest absolute Gasteiger partial charge is 0.427 e. The van der Waals surface area contributed by atoms with Crippen molar-refractivity contribution in [3.05, 3.63) is 35.4 Å². The molecule has 2 rings (SSSR count). The van der Waals surface area contributed by atoms with Gasteiger partial charge in [-0.15, -0.1) is 0 Å². The second-order valence-corrected chi connectivity index (χ2v) is 6.04. The Morgan fingerprint density at radius 1 is 1.22 bits per heavy atom. The summed E-state index contributed by atoms with van der Waals surface area (Å²) in [5.41, 5.74) is 7.11. The van der Waals surface area contributed by atoms with Gasteiger partial charge in [0.15, 0.2) is 0 Å². The van der Waals surface area contributed by atoms with Crippen LogP contribution >= 0.6 is 0 Å². The zero-order chi connectivity index (χ0) is 16.7. The monoisotopic (exact) mass is 317 g/mol. The standard InChI is InChI=1S/C16H24BN3O3/c1-11-3-5-12(6-4-11)9-15(21)19-20-16(22)13-7-8-14(10-13)18-17-23-2/h3-6,13-14,17-18H,7-10H2,1-2H3,(H,19,21)(H,20,22). The normalized spacial score (nSPS) is 20.1. The summed E-state index contributed by atoms with van der Waals surface area (Å²) in [6, 6.07) is 8.06. The van der Waals surface area contributed by atoms with Crippen LogP contribution in [0.3, 0.4) is 0 Å². The average Bonchev–Trinajstić information content (AvgIpc) is 3.02. The lowest BCUT2D eigenvalue weighted by Gasteiger charge is -2.13. The molecule has 2 atom stereocenters. The fourth-order valence-electron chi connectivity index (χ4n) is 2.78. The lowest BCUT2D eigenvalue weighted by Crippen LogP contribution is -2.45. The minimum Gasteiger partial charge on any atom is -0.427 e. The topological polar surface area (TPSA) is 79.5 Å². The van der Waals surface area contributed by atoms with Gasteiger partial charge in [0.05, 0.1) is 6.42 Å². The zero-order valence-electron chi connectivity index (χ0n) is 13.7. The number of hydrogen-bond donors (Lipinski definition) is 3. The summed E-state index contributed by atoms with van der Waals surface area (Å²) < 4.78 is 4.97. The average molecular weight is 317 g/mol. The molecule has 0 bridgehead atoms. The van der Waals surface area contributed by atoms with Crippen LogP contribution < -0.4 is 16.1 Å². The molecule has 7 heteroatoms. The van der Waals surface area contributed by atoms with Crippen molar-refractivity contribution in [2.75, 3.05) is 7.11 Å². The van der Waals surface area contributed by atoms with E-state index in [4.69, 9.17) is 4.65 Å². The Bertz CT molecular complexity index is 536. The van der Waals surface area contributed by atoms with Crippen molar-refractivity contribution in [1.82, 2.24) is 16.1 Å². The molecule has 1 fully saturated rings. The zero-order valence-corrected chi connectivity index (χ0v) is 13.7. The molecule has 0 aliphatic heterocycles. The van der Waals surface area contributed by atoms with Crippen molar-refractivity contribution in [1.29, 1.82) is 0 Å². The molecule has 2 unspecified atom stereocenters. The van der Waals surface area contributed by atoms with Gasteiger partial charge in [0.2, 0.25) is 11.8 Å². The van der Waals surface area contributed by atoms with Crippen LogP contribution in [0.4, 0.5) is 0 Å². The minimum atomic E-state index is -0.214. The summed E-state index contributed by atoms with van der Waals surface area (Å²) in [6.07, 6.45) is 2.78. The van der Waals surface area contributed by atoms with Crippen molar-refractivity contribution in [2.45, 2.75) is 38.6 Å². The first-order valence-electron chi connectivity index (χ1n) is 7.95. The first-order chi connectivity index (χ1) is 11.1. The Morgan fingerprint density at radius 3 is 2.65 bits per heavy atom. The molecule has 0 radical (unpaired) electrons. The minimum absolute atomic E-state index is 0.0657. The predicted octanol–water partition coefficient (Wildman–Crippen LogP) is 0.356. The molecule has 0 spiro atoms. The van der Waals surface area contributed by atoms with Gasteiger partial charge in [-0.3, -0.25) is 20.4 Å². The number of benzene rings is 1. The number of aryl methyl sites for hydroxylation is 1. The summed E-state index contributed by atoms with van der Waals surface area (Å²) in [7, 11) is 2.13. The Hall–Kier alpha value is -1.86. The van der Waals surface area contributed by atoms with Crippen molar-refractivity contribution in [3.8, 4) is 0 Å². The first kappa shape index (κ1) is 17.5. The van der Waals surface area contributed by atoms with Crippen LogP contribution in [0.2, 0.25) is 0 Å². The number of carbonyl (C=O) groups is 2. The highest BCUT2D eigenvalue weighted by atomic mass is 16.4. The van der Waals surface area contributed by atoms with E-state index in [2.05, 4.69) is 16.1 Å². The SMILES string of the molecule is COBNC1CCC(C(=O)NNC(=O)Cc2ccc(C)cc2)C1. The highest BCUT2D eigenvalue weighted by Crippen LogP contribution is 2.25. The molecule has 0 aromatic heterocycles. The van der Waals surface area contributed by atoms with Gasteiger partial charge in [-0.25, -0.2) is 0 Å². The maximum Gasteiger partial charge on any atom is 0.360 e. The molecule has 1 aliphatic rings. The van der Waals surface area contributed by atoms with Crippen molar-refractivity contribution in [3.63, 3.8) is 0 Å². The molecule has 2 amide bonds. The van der Waals surface area contributed by atoms with E-state index in [1.165, 1.54) is 0 Å². The molecule has 1 aromatic rings. The van der Waals surface area contributed by atoms with E-state index in [1.807, 2.05) is 31.2 Å². The maximum absolute atomic E-state index is 12.1. The van der Waals surface area contributed by atoms with E-state index in [0.29, 0.717) is 13.7 Å². The second-order valence-electron chi connectivity index (χ2n) is 6.04. The van der Waals surface area contributed by atoms with Crippen molar-refractivity contribution in [2.24, 2.45) is 5.92 Å². The van der Waals surface area contributed by atoms with Gasteiger partial charge in [-0.1, -0.05) is 29.8 Å². The molecule has 23 heavy (non-hydrogen) atoms. The summed E-state index contributed by atoms with van der Waals surface area (Å²) in [5.74, 6) is -0.401. The van der Waals surface area contributed by atoms with E-state index in [9.17, 15) is 9.59 Å². The number of amides is 2. The Balaban J connectivity index is 1.70. The van der Waals surface area contributed by atoms with Gasteiger partial charge in [0, 0.05) is 13.0 Å². The number of rotatable bonds is 6. The molecular weight excluding hydrogens is 293 g/mol. The number of hydrogen-bond acceptors (Lipinski definition) is 4. The number of nitrogens with one attached hydrogen (secondary N) is 3. The van der Waals surface area contributed by atoms with Crippen LogP contribution in [0.25, 0.3) is 0 Å². The van der Waals surface area contributed by atoms with Gasteiger partial charge in [-0.05, 0) is 37.8 Å². The summed E-state index contributed by atoms with van der Waals surface area (Å²) in [5, 5.41) is 3.23. The quantitative estimate of drug-likeness (QED) is 0.523. The van der Waals surface area contributed by atoms with Crippen LogP contribution in [0, 0.1) is 12.8 Å². The Morgan fingerprint density at radius 2 is 1.96 bits per heavy atom. The first-order valence-corrected chi connectivity index (χ1v) is 7.95. The second kappa shape index (κ2) is 8.69. The van der Waals surface area contributed by atoms with Crippen molar-refractivity contribution >= 4 is 19.4 Å². The summed E-state index contributed by atoms with van der Waals surface area (Å²) in [4.78, 5) is 23.9. The van der Waals surface area contributed by atoms with E-state index >= 15 is 0 Å². The van der Waals surface area contributed by atoms with Crippen LogP contribution in [-0.4, -0.2) is 32.6 Å². The highest BCUT2D eigenvalue weighted by molar-refractivity contribution is 6.23. The molecule has 3 N–H and O–H groups in total. The highest BCUT2D eigenvalue weighted by Gasteiger charge is 2.29. The van der Waals surface area contributed by atoms with Gasteiger partial charge in [0.1, 0.15) is 0 Å². The Labute approximate surface area is 137 Å². The molecule has 0 heterocycles. The molecule has 1 aliphatic carbocycles. The summed E-state index contributed by atoms with van der Waals surface area (Å²) in [6.45, 7) is 2.00. The van der Waals surface area contributed by atoms with Crippen LogP contribution in [0.15, 0.2) is 24.3 Å². The predicted molar refractivity (Wildman–Crippen MR) is 89.6 cm³/mol. The lowest BCUT2D eigenvalue weighted by atomic mass is 10.1. The number of hydrazine groups is 1. The maximum atomic E-state index is 12.1. The fourth-order valence-corrected chi connectivity index (χ4v) is 2.78. The van der Waals surface area contributed by atoms with Gasteiger partial charge >= 0.3 is 7.62 Å². The van der Waals surface area contributed by atoms with Gasteiger partial charge < -0.3 is 9.88 Å². The number of carbonyl (C=O) groups excluding carboxylic acids is 2. The van der Waals surface area contributed by atoms with Crippen molar-refractivity contribution < 1.29 is 14.2 Å². The van der Waals surface area contributed by atoms with E-state index < -0.39 is 0 Å². The van der Waals surface area contributed by atoms with Crippen LogP contribution in [0.1, 0.15) is 30.4 Å². The molecule has 1 aromatic carbocycles. The molecule has 1 saturated carbocycles. The lowest BCUT2D eigenvalue weighted by molar-refractivity contribution is -0.130. The third-order valence-electron chi connectivity index (χ3n) is 4.13. The van der Waals surface area contributed by atoms with Crippen LogP contribution in [-0.2, 0) is 20.7 Å². The molecule has 124 valence electrons. The molecular formula is C16H24BN3O3. The fraction of sp³-hybridized carbons (Fsp3) is 0.500. The third-order valence-corrected chi connectivity index (χ3v) is 4.13. The van der Waals surface area contributed by atoms with E-state index in [-0.39, 0.29) is 24.2 Å². The van der Waals surface area contributed by atoms with Crippen LogP contribution in [0.5, 0.6) is 0 Å². The van der Waals surface area contributed by atoms with E-state index in [0.717, 1.165) is 30.4 Å². The van der Waals surface area contributed by atoms with Gasteiger partial charge in [0.25, 0.3) is 0 Å². The summed E-state index contributed by atoms with van der Waals surface area (Å²) >= 11 is 0. The molecule has 6 nitrogen and oxygen atoms in total. The third kappa shape index (κ3) is 5.69. The Kier molecular flexibility index (Phi) is 6.61. The van der Waals surface area contributed by atoms with E-state index in [1.54, 1.807) is 7.11 Å². The smallest absolute Gasteiger partial charge is 0.360 e.